The van der Waals surface area contributed by atoms with Gasteiger partial charge >= 0.3 is 0 Å². The molecule has 2 N–H and O–H groups in total. The molecule has 0 radical (unpaired) electrons. The van der Waals surface area contributed by atoms with Crippen molar-refractivity contribution < 1.29 is 14.5 Å². The summed E-state index contributed by atoms with van der Waals surface area (Å²) in [6, 6.07) is 0. The Balaban J connectivity index is 2.62. The van der Waals surface area contributed by atoms with E-state index in [-0.39, 0.29) is 18.4 Å². The van der Waals surface area contributed by atoms with Crippen LogP contribution in [0.25, 0.3) is 0 Å². The maximum absolute atomic E-state index is 12.2. The molecule has 1 aromatic heterocycles. The molecule has 2 amide bonds. The van der Waals surface area contributed by atoms with Gasteiger partial charge in [-0.2, -0.15) is 0 Å². The summed E-state index contributed by atoms with van der Waals surface area (Å²) in [4.78, 5) is 32.5. The van der Waals surface area contributed by atoms with E-state index >= 15 is 0 Å². The van der Waals surface area contributed by atoms with Crippen LogP contribution in [-0.2, 0) is 9.59 Å². The first-order valence-corrected chi connectivity index (χ1v) is 8.45. The number of carbonyl (C=O) groups is 2. The fraction of sp³-hybridized carbons (Fsp3) is 0.667. The van der Waals surface area contributed by atoms with Crippen molar-refractivity contribution in [1.29, 1.82) is 0 Å². The van der Waals surface area contributed by atoms with Gasteiger partial charge in [0, 0.05) is 11.3 Å². The van der Waals surface area contributed by atoms with Gasteiger partial charge in [0.2, 0.25) is 11.8 Å². The van der Waals surface area contributed by atoms with E-state index in [1.807, 2.05) is 34.9 Å². The van der Waals surface area contributed by atoms with E-state index in [1.54, 1.807) is 4.90 Å². The normalized spacial score (nSPS) is 10.8. The van der Waals surface area contributed by atoms with Crippen molar-refractivity contribution >= 4 is 28.3 Å². The summed E-state index contributed by atoms with van der Waals surface area (Å²) in [5.41, 5.74) is 0.926. The van der Waals surface area contributed by atoms with Crippen LogP contribution in [0.15, 0.2) is 0 Å². The number of nitrogens with zero attached hydrogens (tertiary/aromatic N) is 2. The van der Waals surface area contributed by atoms with Crippen LogP contribution in [-0.4, -0.2) is 55.4 Å². The van der Waals surface area contributed by atoms with Gasteiger partial charge in [-0.3, -0.25) is 9.59 Å². The van der Waals surface area contributed by atoms with Gasteiger partial charge in [0.25, 0.3) is 0 Å². The number of aromatic nitrogens is 1. The minimum atomic E-state index is -0.188. The number of likely N-dealkylation sites (N-methyl/N-ethyl adjacent to an activating group) is 1. The fourth-order valence-corrected chi connectivity index (χ4v) is 2.71. The second-order valence-electron chi connectivity index (χ2n) is 5.73. The third-order valence-electron chi connectivity index (χ3n) is 3.31. The number of thiazole rings is 1. The maximum atomic E-state index is 12.2. The quantitative estimate of drug-likeness (QED) is 0.729. The van der Waals surface area contributed by atoms with Crippen LogP contribution >= 0.6 is 11.3 Å². The number of hydrogen-bond donors (Lipinski definition) is 2. The second-order valence-corrected chi connectivity index (χ2v) is 6.93. The van der Waals surface area contributed by atoms with E-state index in [2.05, 4.69) is 10.3 Å². The Morgan fingerprint density at radius 1 is 1.32 bits per heavy atom. The predicted octanol–water partition coefficient (Wildman–Crippen LogP) is 0.472. The molecule has 0 bridgehead atoms. The van der Waals surface area contributed by atoms with Crippen molar-refractivity contribution in [1.82, 2.24) is 9.88 Å². The molecule has 124 valence electrons. The van der Waals surface area contributed by atoms with E-state index in [1.165, 1.54) is 16.2 Å². The molecule has 1 rings (SSSR count). The minimum absolute atomic E-state index is 0.0328. The Kier molecular flexibility index (Phi) is 7.47. The first-order valence-electron chi connectivity index (χ1n) is 7.64. The monoisotopic (exact) mass is 327 g/mol. The van der Waals surface area contributed by atoms with Gasteiger partial charge in [-0.05, 0) is 20.3 Å². The van der Waals surface area contributed by atoms with Crippen molar-refractivity contribution in [3.05, 3.63) is 10.6 Å². The maximum Gasteiger partial charge on any atom is 0.245 e. The number of aryl methyl sites for hydroxylation is 2. The molecule has 1 aromatic rings. The first-order chi connectivity index (χ1) is 10.3. The van der Waals surface area contributed by atoms with Gasteiger partial charge in [0.15, 0.2) is 5.13 Å². The summed E-state index contributed by atoms with van der Waals surface area (Å²) in [7, 11) is 4.06. The van der Waals surface area contributed by atoms with Crippen LogP contribution in [0.1, 0.15) is 30.3 Å². The van der Waals surface area contributed by atoms with Gasteiger partial charge in [-0.1, -0.05) is 6.92 Å². The van der Waals surface area contributed by atoms with Crippen LogP contribution in [0.5, 0.6) is 0 Å². The zero-order chi connectivity index (χ0) is 16.7. The predicted molar refractivity (Wildman–Crippen MR) is 89.4 cm³/mol. The van der Waals surface area contributed by atoms with Gasteiger partial charge in [0.05, 0.1) is 32.9 Å². The number of amides is 2. The standard InChI is InChI=1S/C15H26N4O2S/c1-6-7-14(21)19(9-8-18(4)5)10-13(20)17-15-16-11(2)12(3)22-15/h6-10H2,1-5H3,(H,16,17,20)/p+1. The first kappa shape index (κ1) is 18.6. The average Bonchev–Trinajstić information content (AvgIpc) is 2.73. The van der Waals surface area contributed by atoms with Crippen LogP contribution < -0.4 is 10.2 Å². The summed E-state index contributed by atoms with van der Waals surface area (Å²) in [5.74, 6) is -0.155. The van der Waals surface area contributed by atoms with E-state index in [9.17, 15) is 9.59 Å². The van der Waals surface area contributed by atoms with E-state index in [0.29, 0.717) is 18.1 Å². The number of carbonyl (C=O) groups excluding carboxylic acids is 2. The Bertz CT molecular complexity index is 494. The Labute approximate surface area is 136 Å². The Hall–Kier alpha value is -1.47. The third-order valence-corrected chi connectivity index (χ3v) is 4.30. The topological polar surface area (TPSA) is 66.7 Å². The molecule has 6 nitrogen and oxygen atoms in total. The zero-order valence-corrected chi connectivity index (χ0v) is 15.0. The van der Waals surface area contributed by atoms with Crippen LogP contribution in [0.2, 0.25) is 0 Å². The lowest BCUT2D eigenvalue weighted by atomic mass is 10.3. The molecule has 1 heterocycles. The molecule has 0 atom stereocenters. The lowest BCUT2D eigenvalue weighted by molar-refractivity contribution is -0.857. The number of nitrogens with one attached hydrogen (secondary N) is 2. The summed E-state index contributed by atoms with van der Waals surface area (Å²) < 4.78 is 0. The Morgan fingerprint density at radius 3 is 2.50 bits per heavy atom. The highest BCUT2D eigenvalue weighted by Gasteiger charge is 2.18. The van der Waals surface area contributed by atoms with Crippen LogP contribution in [0, 0.1) is 13.8 Å². The zero-order valence-electron chi connectivity index (χ0n) is 14.2. The average molecular weight is 327 g/mol. The largest absolute Gasteiger partial charge is 0.338 e. The third kappa shape index (κ3) is 6.11. The molecule has 7 heteroatoms. The molecule has 0 saturated carbocycles. The Morgan fingerprint density at radius 2 is 2.00 bits per heavy atom. The highest BCUT2D eigenvalue weighted by atomic mass is 32.1. The molecule has 0 aromatic carbocycles. The van der Waals surface area contributed by atoms with Crippen molar-refractivity contribution in [3.63, 3.8) is 0 Å². The molecule has 0 aliphatic rings. The smallest absolute Gasteiger partial charge is 0.245 e. The summed E-state index contributed by atoms with van der Waals surface area (Å²) in [5, 5.41) is 3.38. The summed E-state index contributed by atoms with van der Waals surface area (Å²) in [6.07, 6.45) is 1.27. The van der Waals surface area contributed by atoms with Crippen molar-refractivity contribution in [2.75, 3.05) is 39.0 Å². The number of rotatable bonds is 8. The molecule has 0 aliphatic heterocycles. The SMILES string of the molecule is CCCC(=O)N(CC[NH+](C)C)CC(=O)Nc1nc(C)c(C)s1. The van der Waals surface area contributed by atoms with Crippen molar-refractivity contribution in [2.24, 2.45) is 0 Å². The fourth-order valence-electron chi connectivity index (χ4n) is 1.88. The van der Waals surface area contributed by atoms with Gasteiger partial charge in [0.1, 0.15) is 6.54 Å². The van der Waals surface area contributed by atoms with Crippen LogP contribution in [0.4, 0.5) is 5.13 Å². The number of anilines is 1. The van der Waals surface area contributed by atoms with Gasteiger partial charge in [-0.25, -0.2) is 4.98 Å². The molecule has 0 aliphatic carbocycles. The molecular formula is C15H27N4O2S+. The lowest BCUT2D eigenvalue weighted by Crippen LogP contribution is -3.06. The second kappa shape index (κ2) is 8.85. The summed E-state index contributed by atoms with van der Waals surface area (Å²) >= 11 is 1.46. The van der Waals surface area contributed by atoms with E-state index < -0.39 is 0 Å². The molecular weight excluding hydrogens is 300 g/mol. The highest BCUT2D eigenvalue weighted by molar-refractivity contribution is 7.15. The molecule has 0 spiro atoms. The molecule has 0 saturated heterocycles. The minimum Gasteiger partial charge on any atom is -0.338 e. The molecule has 22 heavy (non-hydrogen) atoms. The highest BCUT2D eigenvalue weighted by Crippen LogP contribution is 2.20. The number of hydrogen-bond acceptors (Lipinski definition) is 4. The lowest BCUT2D eigenvalue weighted by Gasteiger charge is -2.22. The summed E-state index contributed by atoms with van der Waals surface area (Å²) in [6.45, 7) is 7.35. The molecule has 0 fully saturated rings. The molecule has 0 unspecified atom stereocenters. The van der Waals surface area contributed by atoms with Crippen molar-refractivity contribution in [2.45, 2.75) is 33.6 Å². The number of quaternary nitrogens is 1. The van der Waals surface area contributed by atoms with Crippen molar-refractivity contribution in [3.8, 4) is 0 Å². The van der Waals surface area contributed by atoms with E-state index in [4.69, 9.17) is 0 Å². The van der Waals surface area contributed by atoms with Gasteiger partial charge in [-0.15, -0.1) is 11.3 Å². The van der Waals surface area contributed by atoms with E-state index in [0.717, 1.165) is 23.5 Å². The van der Waals surface area contributed by atoms with Gasteiger partial charge < -0.3 is 15.1 Å². The van der Waals surface area contributed by atoms with Crippen LogP contribution in [0.3, 0.4) is 0 Å².